The summed E-state index contributed by atoms with van der Waals surface area (Å²) in [6, 6.07) is 6.45. The van der Waals surface area contributed by atoms with E-state index < -0.39 is 23.6 Å². The first-order valence-electron chi connectivity index (χ1n) is 8.11. The maximum Gasteiger partial charge on any atom is 0.573 e. The van der Waals surface area contributed by atoms with Gasteiger partial charge in [0.1, 0.15) is 11.3 Å². The van der Waals surface area contributed by atoms with Gasteiger partial charge >= 0.3 is 12.3 Å². The highest BCUT2D eigenvalue weighted by molar-refractivity contribution is 5.96. The van der Waals surface area contributed by atoms with Gasteiger partial charge in [0.15, 0.2) is 5.65 Å². The van der Waals surface area contributed by atoms with Crippen LogP contribution in [0.1, 0.15) is 10.4 Å². The Balaban J connectivity index is 1.80. The lowest BCUT2D eigenvalue weighted by molar-refractivity contribution is -0.274. The fourth-order valence-corrected chi connectivity index (χ4v) is 2.88. The Morgan fingerprint density at radius 3 is 2.48 bits per heavy atom. The van der Waals surface area contributed by atoms with Gasteiger partial charge in [-0.2, -0.15) is 5.10 Å². The Bertz CT molecular complexity index is 1290. The number of esters is 1. The van der Waals surface area contributed by atoms with E-state index in [-0.39, 0.29) is 16.6 Å². The SMILES string of the molecule is COC(=O)c1cnn2c1ncc1c(=O)n(-c3ccc(OC(F)(F)F)cc3)ccc12. The minimum absolute atomic E-state index is 0.152. The predicted molar refractivity (Wildman–Crippen MR) is 94.1 cm³/mol. The molecule has 0 fully saturated rings. The van der Waals surface area contributed by atoms with Crippen LogP contribution >= 0.6 is 0 Å². The van der Waals surface area contributed by atoms with Crippen LogP contribution in [0.25, 0.3) is 22.2 Å². The normalized spacial score (nSPS) is 11.7. The number of carbonyl (C=O) groups is 1. The van der Waals surface area contributed by atoms with Crippen LogP contribution in [0.2, 0.25) is 0 Å². The summed E-state index contributed by atoms with van der Waals surface area (Å²) < 4.78 is 47.9. The van der Waals surface area contributed by atoms with Gasteiger partial charge in [-0.25, -0.2) is 14.3 Å². The summed E-state index contributed by atoms with van der Waals surface area (Å²) in [4.78, 5) is 28.8. The summed E-state index contributed by atoms with van der Waals surface area (Å²) in [7, 11) is 1.23. The first-order chi connectivity index (χ1) is 13.8. The van der Waals surface area contributed by atoms with Gasteiger partial charge in [-0.3, -0.25) is 9.36 Å². The third-order valence-corrected chi connectivity index (χ3v) is 4.15. The summed E-state index contributed by atoms with van der Waals surface area (Å²) in [5.74, 6) is -1.01. The number of benzene rings is 1. The van der Waals surface area contributed by atoms with Crippen LogP contribution in [-0.4, -0.2) is 38.6 Å². The molecule has 148 valence electrons. The molecular weight excluding hydrogens is 393 g/mol. The second-order valence-corrected chi connectivity index (χ2v) is 5.87. The minimum atomic E-state index is -4.80. The molecule has 0 unspecified atom stereocenters. The molecule has 0 aliphatic rings. The quantitative estimate of drug-likeness (QED) is 0.488. The van der Waals surface area contributed by atoms with Gasteiger partial charge in [-0.05, 0) is 30.3 Å². The number of pyridine rings is 1. The lowest BCUT2D eigenvalue weighted by atomic mass is 10.2. The Kier molecular flexibility index (Phi) is 4.22. The van der Waals surface area contributed by atoms with Crippen molar-refractivity contribution in [1.29, 1.82) is 0 Å². The molecule has 0 radical (unpaired) electrons. The molecule has 0 N–H and O–H groups in total. The monoisotopic (exact) mass is 404 g/mol. The van der Waals surface area contributed by atoms with Crippen LogP contribution in [0.15, 0.2) is 53.7 Å². The molecule has 0 aliphatic heterocycles. The highest BCUT2D eigenvalue weighted by Crippen LogP contribution is 2.24. The van der Waals surface area contributed by atoms with Crippen LogP contribution in [0.5, 0.6) is 5.75 Å². The summed E-state index contributed by atoms with van der Waals surface area (Å²) in [6.45, 7) is 0. The second kappa shape index (κ2) is 6.62. The van der Waals surface area contributed by atoms with Crippen LogP contribution in [0.3, 0.4) is 0 Å². The zero-order valence-electron chi connectivity index (χ0n) is 14.7. The minimum Gasteiger partial charge on any atom is -0.465 e. The summed E-state index contributed by atoms with van der Waals surface area (Å²) >= 11 is 0. The van der Waals surface area contributed by atoms with Crippen LogP contribution in [0.4, 0.5) is 13.2 Å². The van der Waals surface area contributed by atoms with Gasteiger partial charge in [0, 0.05) is 18.1 Å². The van der Waals surface area contributed by atoms with Gasteiger partial charge in [0.05, 0.1) is 24.2 Å². The third-order valence-electron chi connectivity index (χ3n) is 4.15. The van der Waals surface area contributed by atoms with Crippen molar-refractivity contribution in [3.05, 3.63) is 64.8 Å². The number of aromatic nitrogens is 4. The number of hydrogen-bond donors (Lipinski definition) is 0. The predicted octanol–water partition coefficient (Wildman–Crippen LogP) is 2.72. The molecule has 0 amide bonds. The molecule has 4 aromatic rings. The number of ether oxygens (including phenoxy) is 2. The van der Waals surface area contributed by atoms with E-state index in [4.69, 9.17) is 0 Å². The maximum atomic E-state index is 12.9. The average molecular weight is 404 g/mol. The van der Waals surface area contributed by atoms with Gasteiger partial charge in [0.25, 0.3) is 5.56 Å². The van der Waals surface area contributed by atoms with Gasteiger partial charge < -0.3 is 9.47 Å². The van der Waals surface area contributed by atoms with Crippen molar-refractivity contribution in [3.8, 4) is 11.4 Å². The van der Waals surface area contributed by atoms with Crippen molar-refractivity contribution in [2.45, 2.75) is 6.36 Å². The van der Waals surface area contributed by atoms with Crippen molar-refractivity contribution >= 4 is 22.5 Å². The van der Waals surface area contributed by atoms with E-state index >= 15 is 0 Å². The molecule has 0 spiro atoms. The number of hydrogen-bond acceptors (Lipinski definition) is 6. The Hall–Kier alpha value is -3.89. The van der Waals surface area contributed by atoms with E-state index in [0.29, 0.717) is 11.2 Å². The standard InChI is InChI=1S/C18H11F3N4O4/c1-28-17(27)13-9-23-25-14-6-7-24(16(26)12(14)8-22-15(13)25)10-2-4-11(5-3-10)29-18(19,20)21/h2-9H,1H3. The van der Waals surface area contributed by atoms with E-state index in [1.807, 2.05) is 0 Å². The largest absolute Gasteiger partial charge is 0.573 e. The zero-order valence-corrected chi connectivity index (χ0v) is 14.7. The number of methoxy groups -OCH3 is 1. The lowest BCUT2D eigenvalue weighted by Gasteiger charge is -2.11. The zero-order chi connectivity index (χ0) is 20.8. The molecule has 3 heterocycles. The van der Waals surface area contributed by atoms with Gasteiger partial charge in [-0.15, -0.1) is 13.2 Å². The summed E-state index contributed by atoms with van der Waals surface area (Å²) in [6.07, 6.45) is -0.758. The van der Waals surface area contributed by atoms with Crippen molar-refractivity contribution < 1.29 is 27.4 Å². The van der Waals surface area contributed by atoms with E-state index in [9.17, 15) is 22.8 Å². The number of rotatable bonds is 3. The summed E-state index contributed by atoms with van der Waals surface area (Å²) in [5.41, 5.74) is 0.663. The van der Waals surface area contributed by atoms with Crippen molar-refractivity contribution in [3.63, 3.8) is 0 Å². The first-order valence-corrected chi connectivity index (χ1v) is 8.11. The molecular formula is C18H11F3N4O4. The molecule has 1 aromatic carbocycles. The molecule has 0 atom stereocenters. The molecule has 4 rings (SSSR count). The molecule has 3 aromatic heterocycles. The van der Waals surface area contributed by atoms with Gasteiger partial charge in [-0.1, -0.05) is 0 Å². The number of carbonyl (C=O) groups excluding carboxylic acids is 1. The average Bonchev–Trinajstić information content (AvgIpc) is 3.12. The number of fused-ring (bicyclic) bond motifs is 3. The number of alkyl halides is 3. The molecule has 29 heavy (non-hydrogen) atoms. The topological polar surface area (TPSA) is 87.7 Å². The third kappa shape index (κ3) is 3.26. The molecule has 0 bridgehead atoms. The van der Waals surface area contributed by atoms with E-state index in [0.717, 1.165) is 12.1 Å². The fraction of sp³-hybridized carbons (Fsp3) is 0.111. The Morgan fingerprint density at radius 1 is 1.10 bits per heavy atom. The smallest absolute Gasteiger partial charge is 0.465 e. The van der Waals surface area contributed by atoms with E-state index in [2.05, 4.69) is 19.6 Å². The van der Waals surface area contributed by atoms with Crippen molar-refractivity contribution in [2.24, 2.45) is 0 Å². The molecule has 0 saturated carbocycles. The molecule has 0 saturated heterocycles. The molecule has 8 nitrogen and oxygen atoms in total. The summed E-state index contributed by atoms with van der Waals surface area (Å²) in [5, 5.41) is 4.29. The number of nitrogens with zero attached hydrogens (tertiary/aromatic N) is 4. The second-order valence-electron chi connectivity index (χ2n) is 5.87. The van der Waals surface area contributed by atoms with E-state index in [1.54, 1.807) is 6.07 Å². The fourth-order valence-electron chi connectivity index (χ4n) is 2.88. The Labute approximate surface area is 159 Å². The van der Waals surface area contributed by atoms with Crippen LogP contribution in [-0.2, 0) is 4.74 Å². The number of halogens is 3. The van der Waals surface area contributed by atoms with Crippen LogP contribution in [0, 0.1) is 0 Å². The van der Waals surface area contributed by atoms with Crippen molar-refractivity contribution in [1.82, 2.24) is 19.2 Å². The highest BCUT2D eigenvalue weighted by Gasteiger charge is 2.31. The lowest BCUT2D eigenvalue weighted by Crippen LogP contribution is -2.19. The van der Waals surface area contributed by atoms with Crippen molar-refractivity contribution in [2.75, 3.05) is 7.11 Å². The maximum absolute atomic E-state index is 12.9. The first kappa shape index (κ1) is 18.5. The van der Waals surface area contributed by atoms with Gasteiger partial charge in [0.2, 0.25) is 0 Å². The molecule has 11 heteroatoms. The highest BCUT2D eigenvalue weighted by atomic mass is 19.4. The Morgan fingerprint density at radius 2 is 1.83 bits per heavy atom. The van der Waals surface area contributed by atoms with E-state index in [1.165, 1.54) is 46.9 Å². The molecule has 0 aliphatic carbocycles. The van der Waals surface area contributed by atoms with Crippen LogP contribution < -0.4 is 10.3 Å².